The highest BCUT2D eigenvalue weighted by Crippen LogP contribution is 2.18. The average Bonchev–Trinajstić information content (AvgIpc) is 2.54. The summed E-state index contributed by atoms with van der Waals surface area (Å²) in [6, 6.07) is 9.47. The number of pyridine rings is 2. The Labute approximate surface area is 134 Å². The quantitative estimate of drug-likeness (QED) is 0.515. The highest BCUT2D eigenvalue weighted by atomic mass is 35.5. The lowest BCUT2D eigenvalue weighted by atomic mass is 10.1. The molecule has 3 aromatic rings. The summed E-state index contributed by atoms with van der Waals surface area (Å²) in [4.78, 5) is 17.9. The molecule has 0 aliphatic rings. The standard InChI is InChI=1S/C17H17ClN4/c1-2-3-4-6-12-9-10-14-17(20-12)22-15(11-19-14)13-7-5-8-16(18)21-13/h5,7-11H,2-4,6H2,1H3. The highest BCUT2D eigenvalue weighted by Gasteiger charge is 2.06. The average molecular weight is 313 g/mol. The van der Waals surface area contributed by atoms with Crippen molar-refractivity contribution in [2.75, 3.05) is 0 Å². The molecule has 0 aromatic carbocycles. The van der Waals surface area contributed by atoms with Crippen molar-refractivity contribution >= 4 is 22.8 Å². The number of nitrogens with zero attached hydrogens (tertiary/aromatic N) is 4. The van der Waals surface area contributed by atoms with E-state index in [0.29, 0.717) is 22.2 Å². The molecule has 0 N–H and O–H groups in total. The summed E-state index contributed by atoms with van der Waals surface area (Å²) in [7, 11) is 0. The van der Waals surface area contributed by atoms with E-state index >= 15 is 0 Å². The molecule has 0 saturated heterocycles. The fourth-order valence-corrected chi connectivity index (χ4v) is 2.47. The van der Waals surface area contributed by atoms with Gasteiger partial charge in [-0.05, 0) is 37.1 Å². The third kappa shape index (κ3) is 3.39. The first kappa shape index (κ1) is 14.9. The monoisotopic (exact) mass is 312 g/mol. The van der Waals surface area contributed by atoms with Gasteiger partial charge in [-0.15, -0.1) is 0 Å². The molecule has 112 valence electrons. The molecule has 5 heteroatoms. The van der Waals surface area contributed by atoms with Crippen molar-refractivity contribution in [3.63, 3.8) is 0 Å². The van der Waals surface area contributed by atoms with Crippen molar-refractivity contribution in [1.82, 2.24) is 19.9 Å². The van der Waals surface area contributed by atoms with E-state index in [9.17, 15) is 0 Å². The van der Waals surface area contributed by atoms with Crippen LogP contribution >= 0.6 is 11.6 Å². The molecule has 3 heterocycles. The first-order chi connectivity index (χ1) is 10.8. The summed E-state index contributed by atoms with van der Waals surface area (Å²) in [5.41, 5.74) is 3.91. The van der Waals surface area contributed by atoms with Crippen LogP contribution in [0.1, 0.15) is 31.9 Å². The second kappa shape index (κ2) is 6.79. The van der Waals surface area contributed by atoms with E-state index in [2.05, 4.69) is 26.9 Å². The molecule has 0 bridgehead atoms. The Kier molecular flexibility index (Phi) is 4.59. The zero-order valence-corrected chi connectivity index (χ0v) is 13.2. The smallest absolute Gasteiger partial charge is 0.179 e. The molecule has 0 aliphatic carbocycles. The lowest BCUT2D eigenvalue weighted by Crippen LogP contribution is -1.96. The minimum atomic E-state index is 0.445. The fourth-order valence-electron chi connectivity index (χ4n) is 2.31. The van der Waals surface area contributed by atoms with Crippen LogP contribution in [-0.4, -0.2) is 19.9 Å². The van der Waals surface area contributed by atoms with Gasteiger partial charge >= 0.3 is 0 Å². The normalized spacial score (nSPS) is 11.0. The van der Waals surface area contributed by atoms with Gasteiger partial charge < -0.3 is 0 Å². The van der Waals surface area contributed by atoms with E-state index in [1.165, 1.54) is 12.8 Å². The van der Waals surface area contributed by atoms with E-state index in [0.717, 1.165) is 24.1 Å². The molecule has 0 unspecified atom stereocenters. The summed E-state index contributed by atoms with van der Waals surface area (Å²) in [5, 5.41) is 0.445. The van der Waals surface area contributed by atoms with E-state index in [4.69, 9.17) is 11.6 Å². The Morgan fingerprint density at radius 1 is 0.955 bits per heavy atom. The van der Waals surface area contributed by atoms with Crippen LogP contribution in [0.2, 0.25) is 5.15 Å². The number of hydrogen-bond acceptors (Lipinski definition) is 4. The van der Waals surface area contributed by atoms with E-state index < -0.39 is 0 Å². The maximum Gasteiger partial charge on any atom is 0.179 e. The maximum absolute atomic E-state index is 5.93. The Morgan fingerprint density at radius 2 is 1.86 bits per heavy atom. The number of aromatic nitrogens is 4. The molecule has 3 aromatic heterocycles. The summed E-state index contributed by atoms with van der Waals surface area (Å²) >= 11 is 5.93. The third-order valence-corrected chi connectivity index (χ3v) is 3.69. The Hall–Kier alpha value is -2.07. The van der Waals surface area contributed by atoms with Crippen molar-refractivity contribution in [2.45, 2.75) is 32.6 Å². The zero-order chi connectivity index (χ0) is 15.4. The van der Waals surface area contributed by atoms with Crippen LogP contribution in [0, 0.1) is 0 Å². The van der Waals surface area contributed by atoms with Crippen molar-refractivity contribution in [2.24, 2.45) is 0 Å². The van der Waals surface area contributed by atoms with Crippen molar-refractivity contribution in [1.29, 1.82) is 0 Å². The van der Waals surface area contributed by atoms with Crippen LogP contribution in [0.5, 0.6) is 0 Å². The molecule has 0 amide bonds. The van der Waals surface area contributed by atoms with Crippen LogP contribution < -0.4 is 0 Å². The van der Waals surface area contributed by atoms with Gasteiger partial charge in [0.25, 0.3) is 0 Å². The van der Waals surface area contributed by atoms with Gasteiger partial charge in [-0.2, -0.15) is 0 Å². The Bertz CT molecular complexity index is 788. The van der Waals surface area contributed by atoms with Gasteiger partial charge in [0.1, 0.15) is 16.4 Å². The van der Waals surface area contributed by atoms with Gasteiger partial charge in [0.05, 0.1) is 11.9 Å². The van der Waals surface area contributed by atoms with Gasteiger partial charge in [-0.1, -0.05) is 37.4 Å². The summed E-state index contributed by atoms with van der Waals surface area (Å²) in [6.45, 7) is 2.20. The van der Waals surface area contributed by atoms with Crippen LogP contribution in [0.4, 0.5) is 0 Å². The highest BCUT2D eigenvalue weighted by molar-refractivity contribution is 6.29. The topological polar surface area (TPSA) is 51.6 Å². The zero-order valence-electron chi connectivity index (χ0n) is 12.5. The maximum atomic E-state index is 5.93. The molecule has 0 fully saturated rings. The summed E-state index contributed by atoms with van der Waals surface area (Å²) < 4.78 is 0. The van der Waals surface area contributed by atoms with E-state index in [1.807, 2.05) is 24.3 Å². The number of rotatable bonds is 5. The second-order valence-electron chi connectivity index (χ2n) is 5.20. The molecular formula is C17H17ClN4. The van der Waals surface area contributed by atoms with Crippen LogP contribution in [0.25, 0.3) is 22.6 Å². The molecule has 0 spiro atoms. The second-order valence-corrected chi connectivity index (χ2v) is 5.59. The number of hydrogen-bond donors (Lipinski definition) is 0. The van der Waals surface area contributed by atoms with Gasteiger partial charge in [0.15, 0.2) is 5.65 Å². The van der Waals surface area contributed by atoms with Gasteiger partial charge in [0.2, 0.25) is 0 Å². The largest absolute Gasteiger partial charge is 0.251 e. The predicted octanol–water partition coefficient (Wildman–Crippen LogP) is 4.47. The molecule has 0 atom stereocenters. The number of unbranched alkanes of at least 4 members (excludes halogenated alkanes) is 2. The molecule has 3 rings (SSSR count). The molecule has 0 aliphatic heterocycles. The van der Waals surface area contributed by atoms with Crippen LogP contribution in [-0.2, 0) is 6.42 Å². The number of halogens is 1. The lowest BCUT2D eigenvalue weighted by Gasteiger charge is -2.04. The predicted molar refractivity (Wildman–Crippen MR) is 88.8 cm³/mol. The van der Waals surface area contributed by atoms with Crippen molar-refractivity contribution < 1.29 is 0 Å². The molecule has 0 saturated carbocycles. The molecule has 4 nitrogen and oxygen atoms in total. The van der Waals surface area contributed by atoms with Gasteiger partial charge in [-0.3, -0.25) is 4.98 Å². The Balaban J connectivity index is 1.93. The van der Waals surface area contributed by atoms with E-state index in [-0.39, 0.29) is 0 Å². The van der Waals surface area contributed by atoms with Crippen molar-refractivity contribution in [3.05, 3.63) is 47.4 Å². The summed E-state index contributed by atoms with van der Waals surface area (Å²) in [6.07, 6.45) is 6.26. The summed E-state index contributed by atoms with van der Waals surface area (Å²) in [5.74, 6) is 0. The molecule has 0 radical (unpaired) electrons. The third-order valence-electron chi connectivity index (χ3n) is 3.48. The SMILES string of the molecule is CCCCCc1ccc2ncc(-c3cccc(Cl)n3)nc2n1. The van der Waals surface area contributed by atoms with Gasteiger partial charge in [0, 0.05) is 5.69 Å². The van der Waals surface area contributed by atoms with Gasteiger partial charge in [-0.25, -0.2) is 15.0 Å². The number of fused-ring (bicyclic) bond motifs is 1. The molecular weight excluding hydrogens is 296 g/mol. The van der Waals surface area contributed by atoms with Crippen LogP contribution in [0.3, 0.4) is 0 Å². The van der Waals surface area contributed by atoms with Crippen molar-refractivity contribution in [3.8, 4) is 11.4 Å². The lowest BCUT2D eigenvalue weighted by molar-refractivity contribution is 0.708. The first-order valence-electron chi connectivity index (χ1n) is 7.52. The molecule has 22 heavy (non-hydrogen) atoms. The fraction of sp³-hybridized carbons (Fsp3) is 0.294. The first-order valence-corrected chi connectivity index (χ1v) is 7.89. The van der Waals surface area contributed by atoms with E-state index in [1.54, 1.807) is 12.3 Å². The van der Waals surface area contributed by atoms with Crippen LogP contribution in [0.15, 0.2) is 36.5 Å². The Morgan fingerprint density at radius 3 is 2.68 bits per heavy atom. The minimum Gasteiger partial charge on any atom is -0.251 e. The minimum absolute atomic E-state index is 0.445. The number of aryl methyl sites for hydroxylation is 1.